The van der Waals surface area contributed by atoms with Gasteiger partial charge < -0.3 is 0 Å². The van der Waals surface area contributed by atoms with E-state index in [2.05, 4.69) is 44.8 Å². The van der Waals surface area contributed by atoms with Crippen LogP contribution in [0.4, 0.5) is 0 Å². The van der Waals surface area contributed by atoms with Crippen LogP contribution in [0.2, 0.25) is 4.44 Å². The monoisotopic (exact) mass is 408 g/mol. The van der Waals surface area contributed by atoms with Gasteiger partial charge in [0.2, 0.25) is 0 Å². The van der Waals surface area contributed by atoms with Crippen LogP contribution < -0.4 is 0 Å². The molecule has 0 fully saturated rings. The zero-order chi connectivity index (χ0) is 13.0. The molecule has 0 heterocycles. The van der Waals surface area contributed by atoms with Crippen LogP contribution in [0.5, 0.6) is 0 Å². The van der Waals surface area contributed by atoms with E-state index in [-0.39, 0.29) is 0 Å². The second-order valence-corrected chi connectivity index (χ2v) is 12.6. The Morgan fingerprint density at radius 1 is 0.824 bits per heavy atom. The first-order valence-electron chi connectivity index (χ1n) is 5.99. The third kappa shape index (κ3) is 9.29. The van der Waals surface area contributed by atoms with E-state index in [0.717, 1.165) is 17.3 Å². The average Bonchev–Trinajstić information content (AvgIpc) is 2.37. The number of hydrogen-bond donors (Lipinski definition) is 3. The number of thiol groups is 3. The SMILES string of the molecule is CCC[CH2][Sn]([O]CCS)([O]CCS)[O]CCS. The molecular formula is C10H24O3S3Sn. The van der Waals surface area contributed by atoms with E-state index in [1.54, 1.807) is 0 Å². The van der Waals surface area contributed by atoms with Gasteiger partial charge >= 0.3 is 128 Å². The molecule has 0 saturated carbocycles. The Morgan fingerprint density at radius 3 is 1.53 bits per heavy atom. The van der Waals surface area contributed by atoms with Gasteiger partial charge in [0.15, 0.2) is 0 Å². The quantitative estimate of drug-likeness (QED) is 0.343. The van der Waals surface area contributed by atoms with E-state index in [4.69, 9.17) is 9.22 Å². The van der Waals surface area contributed by atoms with Crippen LogP contribution in [-0.2, 0) is 9.22 Å². The van der Waals surface area contributed by atoms with Gasteiger partial charge in [0.25, 0.3) is 0 Å². The summed E-state index contributed by atoms with van der Waals surface area (Å²) in [6, 6.07) is 0. The molecule has 0 aliphatic heterocycles. The van der Waals surface area contributed by atoms with Gasteiger partial charge in [-0.2, -0.15) is 0 Å². The molecule has 0 aliphatic carbocycles. The molecule has 3 nitrogen and oxygen atoms in total. The molecule has 0 saturated heterocycles. The zero-order valence-electron chi connectivity index (χ0n) is 10.4. The van der Waals surface area contributed by atoms with Gasteiger partial charge in [-0.25, -0.2) is 0 Å². The molecule has 0 aromatic rings. The molecule has 0 radical (unpaired) electrons. The Balaban J connectivity index is 4.39. The van der Waals surface area contributed by atoms with Crippen molar-refractivity contribution in [1.82, 2.24) is 0 Å². The van der Waals surface area contributed by atoms with Crippen molar-refractivity contribution >= 4 is 57.5 Å². The first-order chi connectivity index (χ1) is 8.24. The van der Waals surface area contributed by atoms with Crippen molar-refractivity contribution < 1.29 is 9.22 Å². The molecule has 17 heavy (non-hydrogen) atoms. The van der Waals surface area contributed by atoms with Gasteiger partial charge in [-0.15, -0.1) is 0 Å². The summed E-state index contributed by atoms with van der Waals surface area (Å²) >= 11 is 9.18. The summed E-state index contributed by atoms with van der Waals surface area (Å²) < 4.78 is 18.7. The van der Waals surface area contributed by atoms with E-state index < -0.39 is 19.6 Å². The summed E-state index contributed by atoms with van der Waals surface area (Å²) in [6.07, 6.45) is 2.21. The van der Waals surface area contributed by atoms with Crippen molar-refractivity contribution in [3.63, 3.8) is 0 Å². The molecule has 104 valence electrons. The second kappa shape index (κ2) is 12.7. The van der Waals surface area contributed by atoms with Crippen LogP contribution >= 0.6 is 37.9 Å². The predicted octanol–water partition coefficient (Wildman–Crippen LogP) is 2.56. The molecule has 0 spiro atoms. The fourth-order valence-corrected chi connectivity index (χ4v) is 10.8. The number of unbranched alkanes of at least 4 members (excludes halogenated alkanes) is 1. The van der Waals surface area contributed by atoms with Gasteiger partial charge in [-0.3, -0.25) is 0 Å². The molecule has 0 aromatic heterocycles. The second-order valence-electron chi connectivity index (χ2n) is 3.50. The zero-order valence-corrected chi connectivity index (χ0v) is 16.0. The third-order valence-corrected chi connectivity index (χ3v) is 10.9. The van der Waals surface area contributed by atoms with E-state index >= 15 is 0 Å². The van der Waals surface area contributed by atoms with Crippen LogP contribution in [0.25, 0.3) is 0 Å². The Hall–Kier alpha value is 1.73. The Bertz CT molecular complexity index is 137. The molecule has 0 rings (SSSR count). The molecule has 0 N–H and O–H groups in total. The van der Waals surface area contributed by atoms with Crippen molar-refractivity contribution in [2.45, 2.75) is 24.2 Å². The summed E-state index contributed by atoms with van der Waals surface area (Å²) in [5, 5.41) is 0. The van der Waals surface area contributed by atoms with Gasteiger partial charge in [-0.05, 0) is 0 Å². The van der Waals surface area contributed by atoms with Crippen molar-refractivity contribution in [3.8, 4) is 0 Å². The van der Waals surface area contributed by atoms with Crippen molar-refractivity contribution in [1.29, 1.82) is 0 Å². The molecule has 0 bridgehead atoms. The molecule has 0 unspecified atom stereocenters. The summed E-state index contributed by atoms with van der Waals surface area (Å²) in [5.74, 6) is 2.08. The van der Waals surface area contributed by atoms with Crippen molar-refractivity contribution in [2.24, 2.45) is 0 Å². The van der Waals surface area contributed by atoms with E-state index in [1.165, 1.54) is 0 Å². The summed E-state index contributed by atoms with van der Waals surface area (Å²) in [6.45, 7) is 3.96. The third-order valence-electron chi connectivity index (χ3n) is 2.08. The fraction of sp³-hybridized carbons (Fsp3) is 1.00. The van der Waals surface area contributed by atoms with Gasteiger partial charge in [0, 0.05) is 0 Å². The van der Waals surface area contributed by atoms with Crippen molar-refractivity contribution in [2.75, 3.05) is 37.1 Å². The Morgan fingerprint density at radius 2 is 1.24 bits per heavy atom. The maximum absolute atomic E-state index is 5.91. The van der Waals surface area contributed by atoms with Crippen LogP contribution in [0.3, 0.4) is 0 Å². The normalized spacial score (nSPS) is 12.0. The molecule has 0 atom stereocenters. The topological polar surface area (TPSA) is 27.7 Å². The number of rotatable bonds is 12. The predicted molar refractivity (Wildman–Crippen MR) is 84.9 cm³/mol. The fourth-order valence-electron chi connectivity index (χ4n) is 1.34. The van der Waals surface area contributed by atoms with E-state index in [0.29, 0.717) is 37.1 Å². The summed E-state index contributed by atoms with van der Waals surface area (Å²) in [7, 11) is 0. The molecular weight excluding hydrogens is 383 g/mol. The molecule has 7 heteroatoms. The van der Waals surface area contributed by atoms with Gasteiger partial charge in [0.05, 0.1) is 0 Å². The Labute approximate surface area is 127 Å². The summed E-state index contributed by atoms with van der Waals surface area (Å²) in [4.78, 5) is 0. The minimum absolute atomic E-state index is 0.599. The average molecular weight is 407 g/mol. The van der Waals surface area contributed by atoms with Crippen LogP contribution in [0, 0.1) is 0 Å². The maximum atomic E-state index is 5.91. The Kier molecular flexibility index (Phi) is 14.0. The molecule has 0 aliphatic rings. The standard InChI is InChI=1S/C4H9.3C2H5OS.Sn/c1-3-4-2;3*3-1-2-4;/h1,3-4H2,2H3;3*4H,1-2H2;/q;3*-1;+3. The first kappa shape index (κ1) is 18.7. The number of hydrogen-bond acceptors (Lipinski definition) is 6. The summed E-state index contributed by atoms with van der Waals surface area (Å²) in [5.41, 5.74) is 0. The molecule has 0 amide bonds. The van der Waals surface area contributed by atoms with Crippen LogP contribution in [0.1, 0.15) is 19.8 Å². The first-order valence-corrected chi connectivity index (χ1v) is 13.4. The van der Waals surface area contributed by atoms with Crippen molar-refractivity contribution in [3.05, 3.63) is 0 Å². The van der Waals surface area contributed by atoms with E-state index in [1.807, 2.05) is 0 Å². The van der Waals surface area contributed by atoms with Gasteiger partial charge in [-0.1, -0.05) is 0 Å². The van der Waals surface area contributed by atoms with E-state index in [9.17, 15) is 0 Å². The van der Waals surface area contributed by atoms with Crippen LogP contribution in [-0.4, -0.2) is 56.7 Å². The van der Waals surface area contributed by atoms with Gasteiger partial charge in [0.1, 0.15) is 0 Å². The molecule has 0 aromatic carbocycles. The minimum atomic E-state index is -3.34. The van der Waals surface area contributed by atoms with Crippen LogP contribution in [0.15, 0.2) is 0 Å².